The van der Waals surface area contributed by atoms with E-state index in [1.165, 1.54) is 0 Å². The minimum Gasteiger partial charge on any atom is -0.379 e. The number of rotatable bonds is 8. The molecule has 1 aliphatic carbocycles. The molecule has 3 saturated heterocycles. The van der Waals surface area contributed by atoms with E-state index in [9.17, 15) is 14.4 Å². The van der Waals surface area contributed by atoms with Gasteiger partial charge in [0.15, 0.2) is 0 Å². The third-order valence-electron chi connectivity index (χ3n) is 10.1. The van der Waals surface area contributed by atoms with Crippen molar-refractivity contribution in [2.45, 2.75) is 61.8 Å². The maximum absolute atomic E-state index is 14.2. The van der Waals surface area contributed by atoms with Crippen LogP contribution in [0.25, 0.3) is 0 Å². The number of fused-ring (bicyclic) bond motifs is 1. The molecule has 3 amide bonds. The molecule has 4 fully saturated rings. The van der Waals surface area contributed by atoms with E-state index < -0.39 is 29.6 Å². The largest absolute Gasteiger partial charge is 0.379 e. The molecule has 1 aromatic carbocycles. The molecule has 222 valence electrons. The first-order valence-electron chi connectivity index (χ1n) is 15.1. The monoisotopic (exact) mass is 582 g/mol. The fourth-order valence-electron chi connectivity index (χ4n) is 7.56. The molecule has 6 rings (SSSR count). The average Bonchev–Trinajstić information content (AvgIpc) is 3.62. The van der Waals surface area contributed by atoms with Crippen molar-refractivity contribution in [2.75, 3.05) is 51.0 Å². The first-order valence-corrected chi connectivity index (χ1v) is 16.3. The van der Waals surface area contributed by atoms with Crippen molar-refractivity contribution in [1.29, 1.82) is 0 Å². The Morgan fingerprint density at radius 1 is 1.12 bits per heavy atom. The molecule has 2 N–H and O–H groups in total. The summed E-state index contributed by atoms with van der Waals surface area (Å²) in [6.07, 6.45) is 8.39. The first-order chi connectivity index (χ1) is 19.8. The van der Waals surface area contributed by atoms with E-state index in [0.717, 1.165) is 37.2 Å². The Hall–Kier alpha value is -2.40. The molecule has 4 aliphatic heterocycles. The molecule has 4 heterocycles. The fraction of sp³-hybridized carbons (Fsp3) is 0.645. The van der Waals surface area contributed by atoms with Crippen molar-refractivity contribution in [3.05, 3.63) is 36.4 Å². The van der Waals surface area contributed by atoms with Gasteiger partial charge in [0.1, 0.15) is 11.6 Å². The maximum atomic E-state index is 14.2. The summed E-state index contributed by atoms with van der Waals surface area (Å²) in [5.41, 5.74) is -0.462. The number of nitrogens with zero attached hydrogens (tertiary/aromatic N) is 2. The van der Waals surface area contributed by atoms with Gasteiger partial charge in [0.25, 0.3) is 0 Å². The average molecular weight is 583 g/mol. The molecular weight excluding hydrogens is 540 g/mol. The summed E-state index contributed by atoms with van der Waals surface area (Å²) in [5, 5.41) is 6.37. The lowest BCUT2D eigenvalue weighted by Gasteiger charge is -2.38. The van der Waals surface area contributed by atoms with Crippen LogP contribution in [0.4, 0.5) is 5.69 Å². The molecule has 1 spiro atoms. The fourth-order valence-corrected chi connectivity index (χ4v) is 8.02. The van der Waals surface area contributed by atoms with E-state index in [0.29, 0.717) is 43.8 Å². The van der Waals surface area contributed by atoms with Gasteiger partial charge in [-0.25, -0.2) is 0 Å². The van der Waals surface area contributed by atoms with Gasteiger partial charge in [-0.05, 0) is 42.7 Å². The molecular formula is C31H42N4O5S. The number of ether oxygens (including phenoxy) is 2. The van der Waals surface area contributed by atoms with E-state index in [1.54, 1.807) is 16.7 Å². The summed E-state index contributed by atoms with van der Waals surface area (Å²) in [7, 11) is 0. The van der Waals surface area contributed by atoms with Gasteiger partial charge >= 0.3 is 0 Å². The van der Waals surface area contributed by atoms with Crippen LogP contribution in [0.2, 0.25) is 0 Å². The van der Waals surface area contributed by atoms with Gasteiger partial charge in [-0.15, -0.1) is 11.8 Å². The highest BCUT2D eigenvalue weighted by atomic mass is 32.2. The smallest absolute Gasteiger partial charge is 0.246 e. The number of anilines is 1. The Bertz CT molecular complexity index is 1200. The van der Waals surface area contributed by atoms with E-state index in [4.69, 9.17) is 9.47 Å². The van der Waals surface area contributed by atoms with Crippen LogP contribution >= 0.6 is 11.8 Å². The van der Waals surface area contributed by atoms with E-state index in [1.807, 2.05) is 42.7 Å². The molecule has 1 aromatic rings. The Morgan fingerprint density at radius 3 is 2.71 bits per heavy atom. The zero-order valence-corrected chi connectivity index (χ0v) is 25.0. The summed E-state index contributed by atoms with van der Waals surface area (Å²) >= 11 is 1.60. The van der Waals surface area contributed by atoms with E-state index >= 15 is 0 Å². The highest BCUT2D eigenvalue weighted by molar-refractivity contribution is 7.98. The Morgan fingerprint density at radius 2 is 1.93 bits per heavy atom. The molecule has 0 radical (unpaired) electrons. The SMILES string of the molecule is CSc1cccc(NC(=O)C2[C@@H]3C=CC4(O3)C(C(=O)NC3CCCC(C)C3C)N(CCN3CCOCC3)C(=O)[C@H]24)c1. The molecule has 9 nitrogen and oxygen atoms in total. The number of amides is 3. The zero-order valence-electron chi connectivity index (χ0n) is 24.2. The number of nitrogens with one attached hydrogen (secondary N) is 2. The van der Waals surface area contributed by atoms with E-state index in [-0.39, 0.29) is 23.8 Å². The van der Waals surface area contributed by atoms with Crippen LogP contribution < -0.4 is 10.6 Å². The van der Waals surface area contributed by atoms with Crippen LogP contribution in [0.3, 0.4) is 0 Å². The van der Waals surface area contributed by atoms with Crippen molar-refractivity contribution >= 4 is 35.2 Å². The molecule has 8 atom stereocenters. The molecule has 0 aromatic heterocycles. The highest BCUT2D eigenvalue weighted by Crippen LogP contribution is 2.55. The lowest BCUT2D eigenvalue weighted by molar-refractivity contribution is -0.142. The molecule has 6 unspecified atom stereocenters. The zero-order chi connectivity index (χ0) is 28.7. The van der Waals surface area contributed by atoms with Crippen LogP contribution in [0.15, 0.2) is 41.3 Å². The molecule has 5 aliphatic rings. The Kier molecular flexibility index (Phi) is 8.19. The second-order valence-electron chi connectivity index (χ2n) is 12.3. The van der Waals surface area contributed by atoms with Gasteiger partial charge < -0.3 is 25.0 Å². The van der Waals surface area contributed by atoms with Crippen molar-refractivity contribution in [2.24, 2.45) is 23.7 Å². The van der Waals surface area contributed by atoms with Crippen molar-refractivity contribution in [3.63, 3.8) is 0 Å². The second-order valence-corrected chi connectivity index (χ2v) is 13.2. The first kappa shape index (κ1) is 28.7. The predicted molar refractivity (Wildman–Crippen MR) is 157 cm³/mol. The summed E-state index contributed by atoms with van der Waals surface area (Å²) in [6, 6.07) is 6.92. The van der Waals surface area contributed by atoms with Crippen molar-refractivity contribution < 1.29 is 23.9 Å². The lowest BCUT2D eigenvalue weighted by atomic mass is 9.73. The van der Waals surface area contributed by atoms with Gasteiger partial charge in [-0.3, -0.25) is 19.3 Å². The molecule has 2 bridgehead atoms. The van der Waals surface area contributed by atoms with E-state index in [2.05, 4.69) is 29.4 Å². The van der Waals surface area contributed by atoms with Gasteiger partial charge in [0.05, 0.1) is 31.2 Å². The number of morpholine rings is 1. The summed E-state index contributed by atoms with van der Waals surface area (Å²) in [4.78, 5) is 47.2. The number of carbonyl (C=O) groups is 3. The minimum absolute atomic E-state index is 0.0586. The van der Waals surface area contributed by atoms with Crippen LogP contribution in [-0.4, -0.2) is 97.0 Å². The minimum atomic E-state index is -1.15. The normalized spacial score (nSPS) is 36.4. The Labute approximate surface area is 246 Å². The Balaban J connectivity index is 1.27. The van der Waals surface area contributed by atoms with Gasteiger partial charge in [-0.1, -0.05) is 44.9 Å². The molecule has 10 heteroatoms. The number of hydrogen-bond donors (Lipinski definition) is 2. The molecule has 41 heavy (non-hydrogen) atoms. The third-order valence-corrected chi connectivity index (χ3v) is 10.8. The quantitative estimate of drug-likeness (QED) is 0.359. The summed E-state index contributed by atoms with van der Waals surface area (Å²) in [6.45, 7) is 8.41. The van der Waals surface area contributed by atoms with Gasteiger partial charge in [-0.2, -0.15) is 0 Å². The topological polar surface area (TPSA) is 100 Å². The standard InChI is InChI=1S/C31H42N4O5S/c1-19-6-4-9-23(20(19)2)33-29(37)27-31-11-10-24(40-31)25(28(36)32-21-7-5-8-22(18-21)41-3)26(31)30(38)35(27)13-12-34-14-16-39-17-15-34/h5,7-8,10-11,18-20,23-27H,4,6,9,12-17H2,1-3H3,(H,32,36)(H,33,37)/t19?,20?,23?,24-,25?,26-,27?,31?/m0/s1. The van der Waals surface area contributed by atoms with Crippen molar-refractivity contribution in [1.82, 2.24) is 15.1 Å². The third kappa shape index (κ3) is 5.21. The highest BCUT2D eigenvalue weighted by Gasteiger charge is 2.72. The number of likely N-dealkylation sites (tertiary alicyclic amines) is 1. The number of carbonyl (C=O) groups excluding carboxylic acids is 3. The number of benzene rings is 1. The van der Waals surface area contributed by atoms with Crippen LogP contribution in [0.5, 0.6) is 0 Å². The van der Waals surface area contributed by atoms with Gasteiger partial charge in [0.2, 0.25) is 17.7 Å². The molecule has 1 saturated carbocycles. The maximum Gasteiger partial charge on any atom is 0.246 e. The van der Waals surface area contributed by atoms with Crippen LogP contribution in [0, 0.1) is 23.7 Å². The summed E-state index contributed by atoms with van der Waals surface area (Å²) in [5.74, 6) is -1.17. The number of hydrogen-bond acceptors (Lipinski definition) is 7. The van der Waals surface area contributed by atoms with Crippen LogP contribution in [-0.2, 0) is 23.9 Å². The number of thioether (sulfide) groups is 1. The van der Waals surface area contributed by atoms with Crippen LogP contribution in [0.1, 0.15) is 33.1 Å². The summed E-state index contributed by atoms with van der Waals surface area (Å²) < 4.78 is 12.0. The van der Waals surface area contributed by atoms with Gasteiger partial charge in [0, 0.05) is 42.8 Å². The second kappa shape index (κ2) is 11.7. The predicted octanol–water partition coefficient (Wildman–Crippen LogP) is 2.77. The lowest BCUT2D eigenvalue weighted by Crippen LogP contribution is -2.58. The van der Waals surface area contributed by atoms with Crippen molar-refractivity contribution in [3.8, 4) is 0 Å².